The number of pyridine rings is 1. The Morgan fingerprint density at radius 3 is 2.67 bits per heavy atom. The Morgan fingerprint density at radius 1 is 1.23 bits per heavy atom. The van der Waals surface area contributed by atoms with Crippen molar-refractivity contribution in [2.45, 2.75) is 31.3 Å². The van der Waals surface area contributed by atoms with E-state index in [4.69, 9.17) is 4.74 Å². The lowest BCUT2D eigenvalue weighted by molar-refractivity contribution is 0.0950. The Labute approximate surface area is 177 Å². The Hall–Kier alpha value is -2.49. The number of aromatic nitrogens is 1. The van der Waals surface area contributed by atoms with Crippen molar-refractivity contribution >= 4 is 21.7 Å². The highest BCUT2D eigenvalue weighted by atomic mass is 32.2. The predicted molar refractivity (Wildman–Crippen MR) is 115 cm³/mol. The molecule has 1 aromatic heterocycles. The minimum Gasteiger partial charge on any atom is -0.378 e. The third-order valence-corrected chi connectivity index (χ3v) is 7.13. The molecule has 1 aliphatic rings. The second-order valence-corrected chi connectivity index (χ2v) is 9.44. The van der Waals surface area contributed by atoms with Crippen molar-refractivity contribution in [2.75, 3.05) is 38.3 Å². The molecular formula is C21H28N4O4S. The third-order valence-electron chi connectivity index (χ3n) is 5.10. The third kappa shape index (κ3) is 5.16. The van der Waals surface area contributed by atoms with E-state index in [9.17, 15) is 13.2 Å². The van der Waals surface area contributed by atoms with Crippen LogP contribution in [0.5, 0.6) is 0 Å². The zero-order valence-corrected chi connectivity index (χ0v) is 18.4. The van der Waals surface area contributed by atoms with Gasteiger partial charge in [-0.3, -0.25) is 4.79 Å². The molecule has 0 aliphatic carbocycles. The molecule has 0 saturated carbocycles. The van der Waals surface area contributed by atoms with Gasteiger partial charge in [0.2, 0.25) is 10.0 Å². The fraction of sp³-hybridized carbons (Fsp3) is 0.429. The van der Waals surface area contributed by atoms with Crippen LogP contribution in [-0.2, 0) is 21.3 Å². The number of anilines is 1. The smallest absolute Gasteiger partial charge is 0.251 e. The zero-order valence-electron chi connectivity index (χ0n) is 17.5. The molecule has 2 heterocycles. The van der Waals surface area contributed by atoms with Crippen LogP contribution in [0.1, 0.15) is 29.8 Å². The van der Waals surface area contributed by atoms with Gasteiger partial charge in [-0.1, -0.05) is 6.07 Å². The maximum atomic E-state index is 12.7. The van der Waals surface area contributed by atoms with Crippen LogP contribution in [0.4, 0.5) is 5.82 Å². The molecular weight excluding hydrogens is 404 g/mol. The number of hydrogen-bond donors (Lipinski definition) is 1. The van der Waals surface area contributed by atoms with Gasteiger partial charge in [-0.2, -0.15) is 4.31 Å². The van der Waals surface area contributed by atoms with Gasteiger partial charge in [0.15, 0.2) is 0 Å². The van der Waals surface area contributed by atoms with E-state index in [1.807, 2.05) is 12.1 Å². The molecule has 0 atom stereocenters. The zero-order chi connectivity index (χ0) is 21.7. The SMILES string of the molecule is CC(C)N(C)S(=O)(=O)c1cccc(C(=O)NCc2ccnc(N3CCOCC3)c2)c1. The second-order valence-electron chi connectivity index (χ2n) is 7.45. The largest absolute Gasteiger partial charge is 0.378 e. The van der Waals surface area contributed by atoms with Crippen molar-refractivity contribution in [1.29, 1.82) is 0 Å². The maximum absolute atomic E-state index is 12.7. The minimum absolute atomic E-state index is 0.102. The van der Waals surface area contributed by atoms with Gasteiger partial charge >= 0.3 is 0 Å². The van der Waals surface area contributed by atoms with E-state index >= 15 is 0 Å². The molecule has 30 heavy (non-hydrogen) atoms. The molecule has 1 aromatic carbocycles. The fourth-order valence-electron chi connectivity index (χ4n) is 3.06. The number of carbonyl (C=O) groups is 1. The number of sulfonamides is 1. The average molecular weight is 433 g/mol. The first-order valence-electron chi connectivity index (χ1n) is 9.93. The van der Waals surface area contributed by atoms with Crippen LogP contribution < -0.4 is 10.2 Å². The number of ether oxygens (including phenoxy) is 1. The van der Waals surface area contributed by atoms with Gasteiger partial charge in [0.1, 0.15) is 5.82 Å². The lowest BCUT2D eigenvalue weighted by Crippen LogP contribution is -2.36. The van der Waals surface area contributed by atoms with Gasteiger partial charge in [-0.25, -0.2) is 13.4 Å². The molecule has 162 valence electrons. The van der Waals surface area contributed by atoms with Crippen LogP contribution in [0.3, 0.4) is 0 Å². The van der Waals surface area contributed by atoms with Gasteiger partial charge in [0.25, 0.3) is 5.91 Å². The standard InChI is InChI=1S/C21H28N4O4S/c1-16(2)24(3)30(27,28)19-6-4-5-18(14-19)21(26)23-15-17-7-8-22-20(13-17)25-9-11-29-12-10-25/h4-8,13-14,16H,9-12,15H2,1-3H3,(H,23,26). The van der Waals surface area contributed by atoms with Crippen molar-refractivity contribution < 1.29 is 17.9 Å². The summed E-state index contributed by atoms with van der Waals surface area (Å²) >= 11 is 0. The number of nitrogens with one attached hydrogen (secondary N) is 1. The Morgan fingerprint density at radius 2 is 1.97 bits per heavy atom. The van der Waals surface area contributed by atoms with Crippen LogP contribution in [0.25, 0.3) is 0 Å². The monoisotopic (exact) mass is 432 g/mol. The fourth-order valence-corrected chi connectivity index (χ4v) is 4.48. The molecule has 2 aromatic rings. The van der Waals surface area contributed by atoms with Crippen molar-refractivity contribution in [1.82, 2.24) is 14.6 Å². The molecule has 1 N–H and O–H groups in total. The summed E-state index contributed by atoms with van der Waals surface area (Å²) in [5.41, 5.74) is 1.22. The van der Waals surface area contributed by atoms with Crippen molar-refractivity contribution in [3.63, 3.8) is 0 Å². The van der Waals surface area contributed by atoms with Crippen LogP contribution in [0, 0.1) is 0 Å². The summed E-state index contributed by atoms with van der Waals surface area (Å²) < 4.78 is 32.0. The summed E-state index contributed by atoms with van der Waals surface area (Å²) in [6.45, 7) is 6.84. The molecule has 0 radical (unpaired) electrons. The number of benzene rings is 1. The van der Waals surface area contributed by atoms with Crippen LogP contribution in [-0.4, -0.2) is 63.0 Å². The van der Waals surface area contributed by atoms with Crippen LogP contribution >= 0.6 is 0 Å². The van der Waals surface area contributed by atoms with E-state index in [1.165, 1.54) is 23.5 Å². The molecule has 0 bridgehead atoms. The highest BCUT2D eigenvalue weighted by Crippen LogP contribution is 2.18. The van der Waals surface area contributed by atoms with E-state index in [0.717, 1.165) is 24.5 Å². The van der Waals surface area contributed by atoms with Gasteiger partial charge in [-0.15, -0.1) is 0 Å². The van der Waals surface area contributed by atoms with Gasteiger partial charge in [0.05, 0.1) is 18.1 Å². The summed E-state index contributed by atoms with van der Waals surface area (Å²) in [5.74, 6) is 0.527. The topological polar surface area (TPSA) is 91.8 Å². The van der Waals surface area contributed by atoms with Crippen molar-refractivity contribution in [2.24, 2.45) is 0 Å². The molecule has 9 heteroatoms. The quantitative estimate of drug-likeness (QED) is 0.718. The van der Waals surface area contributed by atoms with E-state index < -0.39 is 10.0 Å². The number of carbonyl (C=O) groups excluding carboxylic acids is 1. The number of nitrogens with zero attached hydrogens (tertiary/aromatic N) is 3. The predicted octanol–water partition coefficient (Wildman–Crippen LogP) is 1.88. The van der Waals surface area contributed by atoms with Crippen LogP contribution in [0.15, 0.2) is 47.5 Å². The number of rotatable bonds is 7. The Balaban J connectivity index is 1.68. The van der Waals surface area contributed by atoms with Crippen LogP contribution in [0.2, 0.25) is 0 Å². The number of morpholine rings is 1. The van der Waals surface area contributed by atoms with E-state index in [2.05, 4.69) is 15.2 Å². The highest BCUT2D eigenvalue weighted by molar-refractivity contribution is 7.89. The average Bonchev–Trinajstić information content (AvgIpc) is 2.77. The molecule has 0 unspecified atom stereocenters. The lowest BCUT2D eigenvalue weighted by atomic mass is 10.2. The highest BCUT2D eigenvalue weighted by Gasteiger charge is 2.24. The lowest BCUT2D eigenvalue weighted by Gasteiger charge is -2.28. The Bertz CT molecular complexity index is 988. The van der Waals surface area contributed by atoms with E-state index in [-0.39, 0.29) is 16.8 Å². The second kappa shape index (κ2) is 9.55. The molecule has 1 amide bonds. The summed E-state index contributed by atoms with van der Waals surface area (Å²) in [6.07, 6.45) is 1.72. The molecule has 8 nitrogen and oxygen atoms in total. The summed E-state index contributed by atoms with van der Waals surface area (Å²) in [5, 5.41) is 2.86. The van der Waals surface area contributed by atoms with E-state index in [1.54, 1.807) is 32.2 Å². The first-order chi connectivity index (χ1) is 14.3. The van der Waals surface area contributed by atoms with Gasteiger partial charge in [0, 0.05) is 44.5 Å². The summed E-state index contributed by atoms with van der Waals surface area (Å²) in [7, 11) is -2.12. The normalized spacial score (nSPS) is 14.9. The molecule has 3 rings (SSSR count). The summed E-state index contributed by atoms with van der Waals surface area (Å²) in [6, 6.07) is 9.72. The first-order valence-corrected chi connectivity index (χ1v) is 11.4. The molecule has 1 aliphatic heterocycles. The maximum Gasteiger partial charge on any atom is 0.251 e. The molecule has 1 saturated heterocycles. The van der Waals surface area contributed by atoms with Crippen molar-refractivity contribution in [3.05, 3.63) is 53.7 Å². The molecule has 1 fully saturated rings. The van der Waals surface area contributed by atoms with E-state index in [0.29, 0.717) is 25.3 Å². The first kappa shape index (κ1) is 22.2. The van der Waals surface area contributed by atoms with Gasteiger partial charge in [-0.05, 0) is 49.7 Å². The van der Waals surface area contributed by atoms with Crippen molar-refractivity contribution in [3.8, 4) is 0 Å². The minimum atomic E-state index is -3.65. The Kier molecular flexibility index (Phi) is 7.06. The summed E-state index contributed by atoms with van der Waals surface area (Å²) in [4.78, 5) is 19.3. The molecule has 0 spiro atoms. The number of hydrogen-bond acceptors (Lipinski definition) is 6. The number of amides is 1. The van der Waals surface area contributed by atoms with Gasteiger partial charge < -0.3 is 15.0 Å².